The molecule has 0 atom stereocenters. The zero-order valence-electron chi connectivity index (χ0n) is 24.3. The Bertz CT molecular complexity index is 1490. The largest absolute Gasteiger partial charge is 0.483 e. The van der Waals surface area contributed by atoms with Crippen molar-refractivity contribution < 1.29 is 18.9 Å². The molecule has 0 radical (unpaired) electrons. The number of anilines is 2. The van der Waals surface area contributed by atoms with Crippen LogP contribution in [0, 0.1) is 0 Å². The molecule has 4 N–H and O–H groups in total. The molecule has 5 aromatic carbocycles. The number of nitrogen functional groups attached to an aromatic ring is 2. The van der Waals surface area contributed by atoms with Crippen LogP contribution in [-0.2, 0) is 11.2 Å². The van der Waals surface area contributed by atoms with Crippen LogP contribution in [0.5, 0.6) is 34.5 Å². The fourth-order valence-corrected chi connectivity index (χ4v) is 4.50. The third-order valence-corrected chi connectivity index (χ3v) is 6.88. The Morgan fingerprint density at radius 3 is 1.05 bits per heavy atom. The predicted molar refractivity (Wildman–Crippen MR) is 168 cm³/mol. The van der Waals surface area contributed by atoms with Crippen molar-refractivity contribution in [3.63, 3.8) is 0 Å². The van der Waals surface area contributed by atoms with Crippen molar-refractivity contribution >= 4 is 11.4 Å². The number of hydrogen-bond acceptors (Lipinski definition) is 6. The van der Waals surface area contributed by atoms with Gasteiger partial charge in [0.1, 0.15) is 45.7 Å². The van der Waals surface area contributed by atoms with Gasteiger partial charge in [-0.05, 0) is 124 Å². The second-order valence-corrected chi connectivity index (χ2v) is 11.1. The van der Waals surface area contributed by atoms with E-state index in [1.165, 1.54) is 0 Å². The summed E-state index contributed by atoms with van der Waals surface area (Å²) in [6, 6.07) is 38.1. The standard InChI is InChI=1S/C36H36N2O4/c1-35(2,25-8-16-29(17-9-25)39-31-20-12-27(37)13-21-31)41-33-6-5-7-34(24-33)42-36(3,4)26-10-18-30(19-11-26)40-32-22-14-28(38)15-23-32/h5-24H,37-38H2,1-4H3. The van der Waals surface area contributed by atoms with Gasteiger partial charge in [0.25, 0.3) is 0 Å². The van der Waals surface area contributed by atoms with E-state index in [0.717, 1.165) is 34.1 Å². The molecule has 5 rings (SSSR count). The van der Waals surface area contributed by atoms with Crippen LogP contribution >= 0.6 is 0 Å². The van der Waals surface area contributed by atoms with Crippen molar-refractivity contribution in [2.24, 2.45) is 0 Å². The molecule has 0 saturated carbocycles. The molecule has 0 unspecified atom stereocenters. The summed E-state index contributed by atoms with van der Waals surface area (Å²) in [6.45, 7) is 8.14. The Hall–Kier alpha value is -5.10. The predicted octanol–water partition coefficient (Wildman–Crippen LogP) is 9.06. The maximum atomic E-state index is 6.44. The number of nitrogens with two attached hydrogens (primary N) is 2. The Morgan fingerprint density at radius 1 is 0.405 bits per heavy atom. The maximum absolute atomic E-state index is 6.44. The topological polar surface area (TPSA) is 89.0 Å². The number of hydrogen-bond donors (Lipinski definition) is 2. The van der Waals surface area contributed by atoms with E-state index in [1.54, 1.807) is 0 Å². The average molecular weight is 561 g/mol. The Morgan fingerprint density at radius 2 is 0.714 bits per heavy atom. The van der Waals surface area contributed by atoms with Gasteiger partial charge in [-0.3, -0.25) is 0 Å². The fourth-order valence-electron chi connectivity index (χ4n) is 4.50. The van der Waals surface area contributed by atoms with Crippen LogP contribution in [-0.4, -0.2) is 0 Å². The summed E-state index contributed by atoms with van der Waals surface area (Å²) in [6.07, 6.45) is 0. The first-order valence-electron chi connectivity index (χ1n) is 13.8. The molecular weight excluding hydrogens is 524 g/mol. The lowest BCUT2D eigenvalue weighted by molar-refractivity contribution is 0.0990. The number of ether oxygens (including phenoxy) is 4. The smallest absolute Gasteiger partial charge is 0.128 e. The van der Waals surface area contributed by atoms with E-state index in [4.69, 9.17) is 30.4 Å². The summed E-state index contributed by atoms with van der Waals surface area (Å²) in [5.74, 6) is 4.36. The highest BCUT2D eigenvalue weighted by atomic mass is 16.5. The Balaban J connectivity index is 1.22. The average Bonchev–Trinajstić information content (AvgIpc) is 2.96. The molecule has 6 nitrogen and oxygen atoms in total. The summed E-state index contributed by atoms with van der Waals surface area (Å²) < 4.78 is 24.7. The Kier molecular flexibility index (Phi) is 7.98. The molecular formula is C36H36N2O4. The molecule has 5 aromatic rings. The third kappa shape index (κ3) is 7.15. The van der Waals surface area contributed by atoms with Gasteiger partial charge in [0.05, 0.1) is 0 Å². The number of benzene rings is 5. The maximum Gasteiger partial charge on any atom is 0.128 e. The van der Waals surface area contributed by atoms with E-state index in [-0.39, 0.29) is 0 Å². The minimum absolute atomic E-state index is 0.589. The first-order chi connectivity index (χ1) is 20.1. The first-order valence-corrected chi connectivity index (χ1v) is 13.8. The quantitative estimate of drug-likeness (QED) is 0.166. The van der Waals surface area contributed by atoms with Gasteiger partial charge in [0.15, 0.2) is 0 Å². The van der Waals surface area contributed by atoms with Gasteiger partial charge in [0, 0.05) is 17.4 Å². The SMILES string of the molecule is CC(C)(Oc1cccc(OC(C)(C)c2ccc(Oc3ccc(N)cc3)cc2)c1)c1ccc(Oc2ccc(N)cc2)cc1. The molecule has 0 spiro atoms. The van der Waals surface area contributed by atoms with Crippen LogP contribution in [0.15, 0.2) is 121 Å². The fraction of sp³-hybridized carbons (Fsp3) is 0.167. The van der Waals surface area contributed by atoms with Gasteiger partial charge >= 0.3 is 0 Å². The van der Waals surface area contributed by atoms with Crippen LogP contribution in [0.1, 0.15) is 38.8 Å². The minimum atomic E-state index is -0.589. The van der Waals surface area contributed by atoms with Gasteiger partial charge < -0.3 is 30.4 Å². The van der Waals surface area contributed by atoms with E-state index in [2.05, 4.69) is 0 Å². The summed E-state index contributed by atoms with van der Waals surface area (Å²) in [5, 5.41) is 0. The molecule has 214 valence electrons. The second kappa shape index (κ2) is 11.8. The van der Waals surface area contributed by atoms with Gasteiger partial charge in [0.2, 0.25) is 0 Å². The molecule has 0 aliphatic carbocycles. The number of rotatable bonds is 10. The summed E-state index contributed by atoms with van der Waals surface area (Å²) in [4.78, 5) is 0. The summed E-state index contributed by atoms with van der Waals surface area (Å²) in [5.41, 5.74) is 13.8. The highest BCUT2D eigenvalue weighted by molar-refractivity contribution is 5.45. The molecule has 0 aliphatic heterocycles. The Labute approximate surface area is 247 Å². The van der Waals surface area contributed by atoms with Crippen LogP contribution < -0.4 is 30.4 Å². The molecule has 42 heavy (non-hydrogen) atoms. The molecule has 0 saturated heterocycles. The molecule has 0 aliphatic rings. The van der Waals surface area contributed by atoms with Crippen molar-refractivity contribution in [3.8, 4) is 34.5 Å². The zero-order valence-corrected chi connectivity index (χ0v) is 24.3. The second-order valence-electron chi connectivity index (χ2n) is 11.1. The zero-order chi connectivity index (χ0) is 29.7. The van der Waals surface area contributed by atoms with Crippen molar-refractivity contribution in [2.75, 3.05) is 11.5 Å². The van der Waals surface area contributed by atoms with Crippen molar-refractivity contribution in [1.82, 2.24) is 0 Å². The lowest BCUT2D eigenvalue weighted by Gasteiger charge is -2.29. The summed E-state index contributed by atoms with van der Waals surface area (Å²) in [7, 11) is 0. The van der Waals surface area contributed by atoms with Gasteiger partial charge in [-0.25, -0.2) is 0 Å². The van der Waals surface area contributed by atoms with Crippen LogP contribution in [0.2, 0.25) is 0 Å². The first kappa shape index (κ1) is 28.4. The molecule has 0 bridgehead atoms. The minimum Gasteiger partial charge on any atom is -0.483 e. The van der Waals surface area contributed by atoms with E-state index in [1.807, 2.05) is 149 Å². The van der Waals surface area contributed by atoms with E-state index in [9.17, 15) is 0 Å². The lowest BCUT2D eigenvalue weighted by Crippen LogP contribution is -2.26. The molecule has 0 amide bonds. The van der Waals surface area contributed by atoms with E-state index < -0.39 is 11.2 Å². The highest BCUT2D eigenvalue weighted by Crippen LogP contribution is 2.35. The van der Waals surface area contributed by atoms with Crippen molar-refractivity contribution in [3.05, 3.63) is 132 Å². The monoisotopic (exact) mass is 560 g/mol. The van der Waals surface area contributed by atoms with Gasteiger partial charge in [-0.1, -0.05) is 30.3 Å². The third-order valence-electron chi connectivity index (χ3n) is 6.88. The molecule has 6 heteroatoms. The molecule has 0 aromatic heterocycles. The van der Waals surface area contributed by atoms with Crippen molar-refractivity contribution in [2.45, 2.75) is 38.9 Å². The molecule has 0 heterocycles. The lowest BCUT2D eigenvalue weighted by atomic mass is 9.97. The normalized spacial score (nSPS) is 11.5. The summed E-state index contributed by atoms with van der Waals surface area (Å²) >= 11 is 0. The molecule has 0 fully saturated rings. The van der Waals surface area contributed by atoms with E-state index in [0.29, 0.717) is 22.9 Å². The van der Waals surface area contributed by atoms with Crippen LogP contribution in [0.4, 0.5) is 11.4 Å². The van der Waals surface area contributed by atoms with Crippen LogP contribution in [0.25, 0.3) is 0 Å². The van der Waals surface area contributed by atoms with E-state index >= 15 is 0 Å². The highest BCUT2D eigenvalue weighted by Gasteiger charge is 2.25. The van der Waals surface area contributed by atoms with Gasteiger partial charge in [-0.2, -0.15) is 0 Å². The van der Waals surface area contributed by atoms with Crippen LogP contribution in [0.3, 0.4) is 0 Å². The van der Waals surface area contributed by atoms with Gasteiger partial charge in [-0.15, -0.1) is 0 Å². The van der Waals surface area contributed by atoms with Crippen molar-refractivity contribution in [1.29, 1.82) is 0 Å².